The standard InChI is InChI=1S/C11H16O3/c1-7-5-8(9(12)6-7)10(13)14-11(2,3)4/h6,8H,5H2,1-4H3. The highest BCUT2D eigenvalue weighted by molar-refractivity contribution is 6.07. The lowest BCUT2D eigenvalue weighted by Gasteiger charge is -2.21. The first-order valence-electron chi connectivity index (χ1n) is 4.73. The summed E-state index contributed by atoms with van der Waals surface area (Å²) >= 11 is 0. The highest BCUT2D eigenvalue weighted by atomic mass is 16.6. The molecule has 0 amide bonds. The molecule has 14 heavy (non-hydrogen) atoms. The molecule has 3 heteroatoms. The molecule has 1 atom stereocenters. The van der Waals surface area contributed by atoms with E-state index in [4.69, 9.17) is 4.74 Å². The Hall–Kier alpha value is -1.12. The van der Waals surface area contributed by atoms with Crippen LogP contribution in [0.5, 0.6) is 0 Å². The Bertz CT molecular complexity index is 294. The summed E-state index contributed by atoms with van der Waals surface area (Å²) < 4.78 is 5.15. The number of ketones is 1. The molecule has 0 aromatic carbocycles. The molecule has 3 nitrogen and oxygen atoms in total. The fourth-order valence-corrected chi connectivity index (χ4v) is 1.40. The van der Waals surface area contributed by atoms with E-state index in [0.717, 1.165) is 5.57 Å². The molecule has 0 fully saturated rings. The molecule has 0 heterocycles. The van der Waals surface area contributed by atoms with Gasteiger partial charge in [0.25, 0.3) is 0 Å². The van der Waals surface area contributed by atoms with Gasteiger partial charge in [-0.15, -0.1) is 0 Å². The van der Waals surface area contributed by atoms with Crippen LogP contribution in [-0.4, -0.2) is 17.4 Å². The monoisotopic (exact) mass is 196 g/mol. The second-order valence-corrected chi connectivity index (χ2v) is 4.68. The van der Waals surface area contributed by atoms with Crippen molar-refractivity contribution < 1.29 is 14.3 Å². The number of ether oxygens (including phenoxy) is 1. The van der Waals surface area contributed by atoms with Gasteiger partial charge in [0, 0.05) is 0 Å². The van der Waals surface area contributed by atoms with Crippen LogP contribution in [0, 0.1) is 5.92 Å². The Balaban J connectivity index is 2.61. The zero-order valence-electron chi connectivity index (χ0n) is 9.09. The number of carbonyl (C=O) groups is 2. The molecule has 0 aromatic rings. The Morgan fingerprint density at radius 3 is 2.43 bits per heavy atom. The van der Waals surface area contributed by atoms with Gasteiger partial charge < -0.3 is 4.74 Å². The van der Waals surface area contributed by atoms with Crippen LogP contribution >= 0.6 is 0 Å². The van der Waals surface area contributed by atoms with Crippen molar-refractivity contribution in [2.24, 2.45) is 5.92 Å². The van der Waals surface area contributed by atoms with Gasteiger partial charge in [0.2, 0.25) is 0 Å². The first-order chi connectivity index (χ1) is 6.29. The third-order valence-corrected chi connectivity index (χ3v) is 1.95. The predicted octanol–water partition coefficient (Wildman–Crippen LogP) is 1.86. The maximum atomic E-state index is 11.5. The summed E-state index contributed by atoms with van der Waals surface area (Å²) in [6.45, 7) is 7.24. The SMILES string of the molecule is CC1=CC(=O)C(C(=O)OC(C)(C)C)C1. The molecule has 0 saturated heterocycles. The molecule has 0 saturated carbocycles. The summed E-state index contributed by atoms with van der Waals surface area (Å²) in [4.78, 5) is 22.9. The second-order valence-electron chi connectivity index (χ2n) is 4.68. The second kappa shape index (κ2) is 3.56. The van der Waals surface area contributed by atoms with Crippen molar-refractivity contribution in [2.45, 2.75) is 39.7 Å². The zero-order chi connectivity index (χ0) is 10.9. The molecule has 0 aliphatic heterocycles. The lowest BCUT2D eigenvalue weighted by atomic mass is 10.0. The van der Waals surface area contributed by atoms with E-state index in [1.165, 1.54) is 6.08 Å². The number of carbonyl (C=O) groups excluding carboxylic acids is 2. The number of allylic oxidation sites excluding steroid dienone is 2. The maximum absolute atomic E-state index is 11.5. The summed E-state index contributed by atoms with van der Waals surface area (Å²) in [7, 11) is 0. The lowest BCUT2D eigenvalue weighted by molar-refractivity contribution is -0.160. The molecular weight excluding hydrogens is 180 g/mol. The Morgan fingerprint density at radius 1 is 1.50 bits per heavy atom. The lowest BCUT2D eigenvalue weighted by Crippen LogP contribution is -2.30. The highest BCUT2D eigenvalue weighted by Gasteiger charge is 2.33. The van der Waals surface area contributed by atoms with Crippen molar-refractivity contribution >= 4 is 11.8 Å². The summed E-state index contributed by atoms with van der Waals surface area (Å²) in [5, 5.41) is 0. The van der Waals surface area contributed by atoms with Crippen molar-refractivity contribution in [1.82, 2.24) is 0 Å². The molecule has 1 aliphatic carbocycles. The molecular formula is C11H16O3. The number of hydrogen-bond acceptors (Lipinski definition) is 3. The third-order valence-electron chi connectivity index (χ3n) is 1.95. The largest absolute Gasteiger partial charge is 0.459 e. The number of rotatable bonds is 1. The fraction of sp³-hybridized carbons (Fsp3) is 0.636. The van der Waals surface area contributed by atoms with Gasteiger partial charge in [0.05, 0.1) is 0 Å². The summed E-state index contributed by atoms with van der Waals surface area (Å²) in [6, 6.07) is 0. The molecule has 1 unspecified atom stereocenters. The molecule has 0 N–H and O–H groups in total. The van der Waals surface area contributed by atoms with Crippen LogP contribution < -0.4 is 0 Å². The van der Waals surface area contributed by atoms with Crippen LogP contribution in [-0.2, 0) is 14.3 Å². The Kier molecular flexibility index (Phi) is 2.79. The van der Waals surface area contributed by atoms with E-state index in [9.17, 15) is 9.59 Å². The number of hydrogen-bond donors (Lipinski definition) is 0. The molecule has 0 radical (unpaired) electrons. The minimum Gasteiger partial charge on any atom is -0.459 e. The quantitative estimate of drug-likeness (QED) is 0.475. The van der Waals surface area contributed by atoms with Gasteiger partial charge in [0.1, 0.15) is 11.5 Å². The van der Waals surface area contributed by atoms with Crippen molar-refractivity contribution in [3.63, 3.8) is 0 Å². The topological polar surface area (TPSA) is 43.4 Å². The molecule has 0 aromatic heterocycles. The van der Waals surface area contributed by atoms with Crippen LogP contribution in [0.15, 0.2) is 11.6 Å². The van der Waals surface area contributed by atoms with Crippen LogP contribution in [0.3, 0.4) is 0 Å². The molecule has 0 bridgehead atoms. The van der Waals surface area contributed by atoms with E-state index in [1.54, 1.807) is 20.8 Å². The summed E-state index contributed by atoms with van der Waals surface area (Å²) in [6.07, 6.45) is 2.03. The number of esters is 1. The maximum Gasteiger partial charge on any atom is 0.317 e. The van der Waals surface area contributed by atoms with E-state index in [-0.39, 0.29) is 5.78 Å². The third kappa shape index (κ3) is 2.69. The van der Waals surface area contributed by atoms with E-state index >= 15 is 0 Å². The summed E-state index contributed by atoms with van der Waals surface area (Å²) in [5.41, 5.74) is 0.430. The van der Waals surface area contributed by atoms with Crippen molar-refractivity contribution in [2.75, 3.05) is 0 Å². The van der Waals surface area contributed by atoms with Crippen LogP contribution in [0.2, 0.25) is 0 Å². The van der Waals surface area contributed by atoms with Crippen molar-refractivity contribution in [3.05, 3.63) is 11.6 Å². The fourth-order valence-electron chi connectivity index (χ4n) is 1.40. The van der Waals surface area contributed by atoms with E-state index < -0.39 is 17.5 Å². The first-order valence-corrected chi connectivity index (χ1v) is 4.73. The average Bonchev–Trinajstić information content (AvgIpc) is 2.26. The van der Waals surface area contributed by atoms with Crippen molar-refractivity contribution in [1.29, 1.82) is 0 Å². The van der Waals surface area contributed by atoms with Crippen LogP contribution in [0.4, 0.5) is 0 Å². The zero-order valence-corrected chi connectivity index (χ0v) is 9.09. The molecule has 0 spiro atoms. The molecule has 1 aliphatic rings. The predicted molar refractivity (Wildman–Crippen MR) is 52.7 cm³/mol. The highest BCUT2D eigenvalue weighted by Crippen LogP contribution is 2.24. The van der Waals surface area contributed by atoms with Gasteiger partial charge in [-0.2, -0.15) is 0 Å². The first kappa shape index (κ1) is 11.0. The summed E-state index contributed by atoms with van der Waals surface area (Å²) in [5.74, 6) is -1.14. The molecule has 78 valence electrons. The van der Waals surface area contributed by atoms with Gasteiger partial charge >= 0.3 is 5.97 Å². The van der Waals surface area contributed by atoms with Gasteiger partial charge in [-0.1, -0.05) is 5.57 Å². The minimum absolute atomic E-state index is 0.128. The minimum atomic E-state index is -0.603. The van der Waals surface area contributed by atoms with Crippen LogP contribution in [0.25, 0.3) is 0 Å². The van der Waals surface area contributed by atoms with E-state index in [0.29, 0.717) is 6.42 Å². The molecule has 1 rings (SSSR count). The van der Waals surface area contributed by atoms with Gasteiger partial charge in [0.15, 0.2) is 5.78 Å². The average molecular weight is 196 g/mol. The van der Waals surface area contributed by atoms with Gasteiger partial charge in [-0.3, -0.25) is 9.59 Å². The van der Waals surface area contributed by atoms with Crippen molar-refractivity contribution in [3.8, 4) is 0 Å². The van der Waals surface area contributed by atoms with E-state index in [2.05, 4.69) is 0 Å². The Morgan fingerprint density at radius 2 is 2.07 bits per heavy atom. The normalized spacial score (nSPS) is 22.1. The van der Waals surface area contributed by atoms with Crippen LogP contribution in [0.1, 0.15) is 34.1 Å². The van der Waals surface area contributed by atoms with Gasteiger partial charge in [-0.05, 0) is 40.2 Å². The Labute approximate surface area is 84.1 Å². The smallest absolute Gasteiger partial charge is 0.317 e. The van der Waals surface area contributed by atoms with Gasteiger partial charge in [-0.25, -0.2) is 0 Å². The van der Waals surface area contributed by atoms with E-state index in [1.807, 2.05) is 6.92 Å².